The van der Waals surface area contributed by atoms with Crippen LogP contribution < -0.4 is 10.6 Å². The minimum atomic E-state index is -0.0842. The molecule has 0 unspecified atom stereocenters. The summed E-state index contributed by atoms with van der Waals surface area (Å²) in [5.74, 6) is 0.743. The Labute approximate surface area is 127 Å². The molecule has 0 radical (unpaired) electrons. The van der Waals surface area contributed by atoms with Gasteiger partial charge in [-0.3, -0.25) is 4.79 Å². The highest BCUT2D eigenvalue weighted by Crippen LogP contribution is 2.30. The Hall–Kier alpha value is -1.58. The van der Waals surface area contributed by atoms with Gasteiger partial charge in [-0.2, -0.15) is 0 Å². The molecule has 2 rings (SSSR count). The van der Waals surface area contributed by atoms with Gasteiger partial charge in [0.25, 0.3) is 5.91 Å². The van der Waals surface area contributed by atoms with E-state index in [2.05, 4.69) is 43.3 Å². The zero-order valence-corrected chi connectivity index (χ0v) is 13.8. The van der Waals surface area contributed by atoms with Crippen LogP contribution in [-0.2, 0) is 5.41 Å². The maximum absolute atomic E-state index is 12.6. The fourth-order valence-corrected chi connectivity index (χ4v) is 2.80. The van der Waals surface area contributed by atoms with Crippen LogP contribution in [-0.4, -0.2) is 23.5 Å². The third-order valence-corrected chi connectivity index (χ3v) is 4.23. The van der Waals surface area contributed by atoms with Crippen LogP contribution >= 0.6 is 0 Å². The number of hydrogen-bond donors (Lipinski definition) is 2. The topological polar surface area (TPSA) is 54.0 Å². The summed E-state index contributed by atoms with van der Waals surface area (Å²) in [5.41, 5.74) is 1.48. The lowest BCUT2D eigenvalue weighted by Crippen LogP contribution is -2.43. The summed E-state index contributed by atoms with van der Waals surface area (Å²) >= 11 is 0. The van der Waals surface area contributed by atoms with Crippen LogP contribution in [0.4, 0.5) is 5.82 Å². The second kappa shape index (κ2) is 5.66. The summed E-state index contributed by atoms with van der Waals surface area (Å²) in [4.78, 5) is 17.2. The molecule has 1 aromatic rings. The van der Waals surface area contributed by atoms with Gasteiger partial charge in [-0.05, 0) is 31.9 Å². The Morgan fingerprint density at radius 3 is 2.38 bits per heavy atom. The lowest BCUT2D eigenvalue weighted by atomic mass is 9.90. The predicted octanol–water partition coefficient (Wildman–Crippen LogP) is 3.48. The molecule has 1 amide bonds. The number of hydrogen-bond acceptors (Lipinski definition) is 3. The Morgan fingerprint density at radius 2 is 1.86 bits per heavy atom. The van der Waals surface area contributed by atoms with Crippen molar-refractivity contribution in [3.05, 3.63) is 23.4 Å². The largest absolute Gasteiger partial charge is 0.373 e. The van der Waals surface area contributed by atoms with Crippen molar-refractivity contribution in [1.29, 1.82) is 0 Å². The van der Waals surface area contributed by atoms with E-state index in [1.807, 2.05) is 19.2 Å². The van der Waals surface area contributed by atoms with E-state index in [-0.39, 0.29) is 16.9 Å². The Bertz CT molecular complexity index is 525. The van der Waals surface area contributed by atoms with Crippen molar-refractivity contribution >= 4 is 11.7 Å². The van der Waals surface area contributed by atoms with E-state index in [0.29, 0.717) is 5.56 Å². The summed E-state index contributed by atoms with van der Waals surface area (Å²) in [7, 11) is 1.83. The number of pyridine rings is 1. The van der Waals surface area contributed by atoms with Crippen LogP contribution in [0.5, 0.6) is 0 Å². The Balaban J connectivity index is 2.27. The van der Waals surface area contributed by atoms with Crippen molar-refractivity contribution in [1.82, 2.24) is 10.3 Å². The summed E-state index contributed by atoms with van der Waals surface area (Å²) < 4.78 is 0. The number of aromatic nitrogens is 1. The SMILES string of the molecule is CNc1cc(C(=O)NC2(C)CCCC2)cc(C(C)(C)C)n1. The Kier molecular flexibility index (Phi) is 4.26. The summed E-state index contributed by atoms with van der Waals surface area (Å²) in [6.45, 7) is 8.46. The normalized spacial score (nSPS) is 17.6. The van der Waals surface area contributed by atoms with E-state index in [4.69, 9.17) is 0 Å². The maximum atomic E-state index is 12.6. The van der Waals surface area contributed by atoms with Gasteiger partial charge < -0.3 is 10.6 Å². The van der Waals surface area contributed by atoms with Gasteiger partial charge in [-0.15, -0.1) is 0 Å². The molecule has 1 aliphatic carbocycles. The highest BCUT2D eigenvalue weighted by Gasteiger charge is 2.31. The molecule has 4 heteroatoms. The highest BCUT2D eigenvalue weighted by atomic mass is 16.1. The van der Waals surface area contributed by atoms with E-state index in [0.717, 1.165) is 24.4 Å². The minimum Gasteiger partial charge on any atom is -0.373 e. The highest BCUT2D eigenvalue weighted by molar-refractivity contribution is 5.95. The number of amides is 1. The minimum absolute atomic E-state index is 0.00352. The second-order valence-electron chi connectivity index (χ2n) is 7.35. The zero-order valence-electron chi connectivity index (χ0n) is 13.8. The van der Waals surface area contributed by atoms with Crippen molar-refractivity contribution in [2.24, 2.45) is 0 Å². The van der Waals surface area contributed by atoms with E-state index in [1.54, 1.807) is 0 Å². The molecule has 0 bridgehead atoms. The van der Waals surface area contributed by atoms with Crippen molar-refractivity contribution in [3.63, 3.8) is 0 Å². The van der Waals surface area contributed by atoms with Crippen LogP contribution in [0.1, 0.15) is 69.4 Å². The fourth-order valence-electron chi connectivity index (χ4n) is 2.80. The molecule has 0 saturated heterocycles. The molecule has 21 heavy (non-hydrogen) atoms. The smallest absolute Gasteiger partial charge is 0.251 e. The molecule has 1 fully saturated rings. The number of nitrogens with one attached hydrogen (secondary N) is 2. The number of rotatable bonds is 3. The molecule has 0 aliphatic heterocycles. The summed E-state index contributed by atoms with van der Waals surface area (Å²) in [6, 6.07) is 3.73. The lowest BCUT2D eigenvalue weighted by molar-refractivity contribution is 0.0908. The molecule has 4 nitrogen and oxygen atoms in total. The standard InChI is InChI=1S/C17H27N3O/c1-16(2,3)13-10-12(11-14(18-5)19-13)15(21)20-17(4)8-6-7-9-17/h10-11H,6-9H2,1-5H3,(H,18,19)(H,20,21). The van der Waals surface area contributed by atoms with Gasteiger partial charge in [0.05, 0.1) is 0 Å². The van der Waals surface area contributed by atoms with E-state index in [9.17, 15) is 4.79 Å². The molecular weight excluding hydrogens is 262 g/mol. The maximum Gasteiger partial charge on any atom is 0.251 e. The molecule has 1 aliphatic rings. The molecule has 0 atom stereocenters. The first-order chi connectivity index (χ1) is 9.73. The predicted molar refractivity (Wildman–Crippen MR) is 86.8 cm³/mol. The van der Waals surface area contributed by atoms with Crippen LogP contribution in [0.25, 0.3) is 0 Å². The summed E-state index contributed by atoms with van der Waals surface area (Å²) in [5, 5.41) is 6.25. The van der Waals surface area contributed by atoms with Gasteiger partial charge >= 0.3 is 0 Å². The average molecular weight is 289 g/mol. The monoisotopic (exact) mass is 289 g/mol. The molecule has 1 aromatic heterocycles. The number of nitrogens with zero attached hydrogens (tertiary/aromatic N) is 1. The molecule has 0 spiro atoms. The van der Waals surface area contributed by atoms with Crippen molar-refractivity contribution < 1.29 is 4.79 Å². The van der Waals surface area contributed by atoms with Crippen LogP contribution in [0.15, 0.2) is 12.1 Å². The number of carbonyl (C=O) groups is 1. The quantitative estimate of drug-likeness (QED) is 0.895. The van der Waals surface area contributed by atoms with Crippen LogP contribution in [0, 0.1) is 0 Å². The molecule has 1 heterocycles. The van der Waals surface area contributed by atoms with Gasteiger partial charge in [-0.25, -0.2) is 4.98 Å². The van der Waals surface area contributed by atoms with Gasteiger partial charge in [-0.1, -0.05) is 33.6 Å². The third-order valence-electron chi connectivity index (χ3n) is 4.23. The first-order valence-electron chi connectivity index (χ1n) is 7.76. The summed E-state index contributed by atoms with van der Waals surface area (Å²) in [6.07, 6.45) is 4.52. The number of anilines is 1. The van der Waals surface area contributed by atoms with E-state index in [1.165, 1.54) is 12.8 Å². The van der Waals surface area contributed by atoms with Gasteiger partial charge in [0.2, 0.25) is 0 Å². The van der Waals surface area contributed by atoms with E-state index >= 15 is 0 Å². The number of carbonyl (C=O) groups excluding carboxylic acids is 1. The molecular formula is C17H27N3O. The van der Waals surface area contributed by atoms with Crippen LogP contribution in [0.2, 0.25) is 0 Å². The fraction of sp³-hybridized carbons (Fsp3) is 0.647. The van der Waals surface area contributed by atoms with Gasteiger partial charge in [0.15, 0.2) is 0 Å². The zero-order chi connectivity index (χ0) is 15.7. The molecule has 116 valence electrons. The molecule has 0 aromatic carbocycles. The van der Waals surface area contributed by atoms with E-state index < -0.39 is 0 Å². The lowest BCUT2D eigenvalue weighted by Gasteiger charge is -2.26. The molecule has 2 N–H and O–H groups in total. The van der Waals surface area contributed by atoms with Gasteiger partial charge in [0.1, 0.15) is 5.82 Å². The van der Waals surface area contributed by atoms with Crippen molar-refractivity contribution in [2.45, 2.75) is 64.3 Å². The molecule has 1 saturated carbocycles. The average Bonchev–Trinajstić information content (AvgIpc) is 2.83. The van der Waals surface area contributed by atoms with Gasteiger partial charge in [0, 0.05) is 29.3 Å². The van der Waals surface area contributed by atoms with Crippen LogP contribution in [0.3, 0.4) is 0 Å². The van der Waals surface area contributed by atoms with Crippen molar-refractivity contribution in [3.8, 4) is 0 Å². The third kappa shape index (κ3) is 3.74. The first-order valence-corrected chi connectivity index (χ1v) is 7.76. The van der Waals surface area contributed by atoms with Crippen molar-refractivity contribution in [2.75, 3.05) is 12.4 Å². The first kappa shape index (κ1) is 15.8. The second-order valence-corrected chi connectivity index (χ2v) is 7.35. The Morgan fingerprint density at radius 1 is 1.24 bits per heavy atom.